The van der Waals surface area contributed by atoms with E-state index in [0.717, 1.165) is 22.3 Å². The van der Waals surface area contributed by atoms with E-state index in [0.29, 0.717) is 11.3 Å². The largest absolute Gasteiger partial charge is 0.454 e. The predicted octanol–water partition coefficient (Wildman–Crippen LogP) is 5.05. The summed E-state index contributed by atoms with van der Waals surface area (Å²) >= 11 is 0. The van der Waals surface area contributed by atoms with E-state index in [4.69, 9.17) is 10.5 Å². The minimum absolute atomic E-state index is 0.0193. The number of nitrogens with one attached hydrogen (secondary N) is 1. The number of fused-ring (bicyclic) bond motifs is 5. The molecule has 0 fully saturated rings. The van der Waals surface area contributed by atoms with Gasteiger partial charge in [0.2, 0.25) is 17.2 Å². The SMILES string of the molecule is CC(C)c1ccc2c(c1)OC1(O)c3cccc(N)c3C(=O)C21NC(=O)Cc1ccc(-c2ccccc2)cc1. The molecule has 190 valence electrons. The lowest BCUT2D eigenvalue weighted by Gasteiger charge is -2.34. The van der Waals surface area contributed by atoms with Crippen LogP contribution in [0.2, 0.25) is 0 Å². The summed E-state index contributed by atoms with van der Waals surface area (Å²) in [6.07, 6.45) is 0.0193. The Kier molecular flexibility index (Phi) is 5.40. The number of ketones is 1. The molecule has 2 aliphatic rings. The second-order valence-corrected chi connectivity index (χ2v) is 10.3. The third-order valence-electron chi connectivity index (χ3n) is 7.62. The van der Waals surface area contributed by atoms with Crippen LogP contribution < -0.4 is 15.8 Å². The fourth-order valence-corrected chi connectivity index (χ4v) is 5.63. The minimum Gasteiger partial charge on any atom is -0.454 e. The molecule has 0 spiro atoms. The highest BCUT2D eigenvalue weighted by Gasteiger charge is 2.72. The average molecular weight is 505 g/mol. The van der Waals surface area contributed by atoms with Crippen molar-refractivity contribution in [2.75, 3.05) is 5.73 Å². The molecule has 6 nitrogen and oxygen atoms in total. The number of nitrogen functional groups attached to an aromatic ring is 1. The van der Waals surface area contributed by atoms with Crippen molar-refractivity contribution < 1.29 is 19.4 Å². The van der Waals surface area contributed by atoms with Crippen molar-refractivity contribution in [3.8, 4) is 16.9 Å². The minimum atomic E-state index is -2.13. The molecular weight excluding hydrogens is 476 g/mol. The zero-order valence-electron chi connectivity index (χ0n) is 21.2. The van der Waals surface area contributed by atoms with Gasteiger partial charge in [0.15, 0.2) is 0 Å². The number of hydrogen-bond donors (Lipinski definition) is 3. The highest BCUT2D eigenvalue weighted by atomic mass is 16.6. The summed E-state index contributed by atoms with van der Waals surface area (Å²) < 4.78 is 6.14. The smallest absolute Gasteiger partial charge is 0.271 e. The molecule has 4 aromatic carbocycles. The van der Waals surface area contributed by atoms with Crippen LogP contribution in [-0.4, -0.2) is 16.8 Å². The van der Waals surface area contributed by atoms with E-state index in [1.807, 2.05) is 80.6 Å². The van der Waals surface area contributed by atoms with Gasteiger partial charge in [-0.15, -0.1) is 0 Å². The highest BCUT2D eigenvalue weighted by Crippen LogP contribution is 2.59. The molecule has 0 aromatic heterocycles. The maximum absolute atomic E-state index is 14.1. The molecule has 0 saturated carbocycles. The van der Waals surface area contributed by atoms with Crippen LogP contribution in [0.3, 0.4) is 0 Å². The summed E-state index contributed by atoms with van der Waals surface area (Å²) in [5, 5.41) is 14.9. The number of hydrogen-bond acceptors (Lipinski definition) is 5. The summed E-state index contributed by atoms with van der Waals surface area (Å²) in [6.45, 7) is 4.10. The maximum Gasteiger partial charge on any atom is 0.271 e. The predicted molar refractivity (Wildman–Crippen MR) is 146 cm³/mol. The first-order chi connectivity index (χ1) is 18.2. The van der Waals surface area contributed by atoms with Crippen LogP contribution in [0.1, 0.15) is 52.4 Å². The Morgan fingerprint density at radius 3 is 2.34 bits per heavy atom. The monoisotopic (exact) mass is 504 g/mol. The van der Waals surface area contributed by atoms with Crippen LogP contribution in [0.15, 0.2) is 91.0 Å². The molecule has 2 unspecified atom stereocenters. The number of carbonyl (C=O) groups is 2. The summed E-state index contributed by atoms with van der Waals surface area (Å²) in [7, 11) is 0. The molecule has 6 heteroatoms. The van der Waals surface area contributed by atoms with Gasteiger partial charge in [0.05, 0.1) is 12.0 Å². The van der Waals surface area contributed by atoms with E-state index >= 15 is 0 Å². The molecule has 4 N–H and O–H groups in total. The Balaban J connectivity index is 1.37. The van der Waals surface area contributed by atoms with Gasteiger partial charge in [0.1, 0.15) is 5.75 Å². The Morgan fingerprint density at radius 1 is 0.921 bits per heavy atom. The van der Waals surface area contributed by atoms with Gasteiger partial charge < -0.3 is 20.9 Å². The third-order valence-corrected chi connectivity index (χ3v) is 7.62. The standard InChI is InChI=1S/C32H28N2O4/c1-19(2)23-15-16-24-27(18-23)38-32(37)25-9-6-10-26(33)29(25)30(36)31(24,32)34-28(35)17-20-11-13-22(14-12-20)21-7-4-3-5-8-21/h3-16,18-19,37H,17,33H2,1-2H3,(H,34,35). The van der Waals surface area contributed by atoms with Crippen LogP contribution in [0.4, 0.5) is 5.69 Å². The van der Waals surface area contributed by atoms with Crippen molar-refractivity contribution in [2.24, 2.45) is 0 Å². The lowest BCUT2D eigenvalue weighted by Crippen LogP contribution is -2.60. The van der Waals surface area contributed by atoms with Gasteiger partial charge in [-0.1, -0.05) is 92.7 Å². The fourth-order valence-electron chi connectivity index (χ4n) is 5.63. The fraction of sp³-hybridized carbons (Fsp3) is 0.188. The van der Waals surface area contributed by atoms with Crippen LogP contribution >= 0.6 is 0 Å². The van der Waals surface area contributed by atoms with Crippen molar-refractivity contribution in [2.45, 2.75) is 37.5 Å². The Morgan fingerprint density at radius 2 is 1.63 bits per heavy atom. The van der Waals surface area contributed by atoms with E-state index in [-0.39, 0.29) is 29.2 Å². The number of aliphatic hydroxyl groups is 1. The number of anilines is 1. The normalized spacial score (nSPS) is 21.0. The van der Waals surface area contributed by atoms with E-state index in [9.17, 15) is 14.7 Å². The van der Waals surface area contributed by atoms with Gasteiger partial charge in [-0.05, 0) is 40.3 Å². The van der Waals surface area contributed by atoms with E-state index in [1.165, 1.54) is 0 Å². The first kappa shape index (κ1) is 23.9. The molecule has 0 bridgehead atoms. The van der Waals surface area contributed by atoms with Gasteiger partial charge in [0, 0.05) is 16.8 Å². The van der Waals surface area contributed by atoms with Crippen molar-refractivity contribution in [3.63, 3.8) is 0 Å². The molecule has 1 aliphatic carbocycles. The summed E-state index contributed by atoms with van der Waals surface area (Å²) in [5.41, 5.74) is 9.28. The number of benzene rings is 4. The number of Topliss-reactive ketones (excluding diaryl/α,β-unsaturated/α-hetero) is 1. The van der Waals surface area contributed by atoms with Crippen molar-refractivity contribution in [1.82, 2.24) is 5.32 Å². The second kappa shape index (κ2) is 8.57. The molecule has 1 heterocycles. The van der Waals surface area contributed by atoms with Crippen LogP contribution in [0.25, 0.3) is 11.1 Å². The summed E-state index contributed by atoms with van der Waals surface area (Å²) in [5.74, 6) is -2.45. The lowest BCUT2D eigenvalue weighted by molar-refractivity contribution is -0.175. The molecule has 0 saturated heterocycles. The van der Waals surface area contributed by atoms with Gasteiger partial charge in [0.25, 0.3) is 5.79 Å². The highest BCUT2D eigenvalue weighted by molar-refractivity contribution is 6.15. The molecule has 1 aliphatic heterocycles. The number of rotatable bonds is 5. The van der Waals surface area contributed by atoms with E-state index in [1.54, 1.807) is 24.3 Å². The van der Waals surface area contributed by atoms with Gasteiger partial charge in [-0.25, -0.2) is 0 Å². The van der Waals surface area contributed by atoms with Crippen molar-refractivity contribution in [1.29, 1.82) is 0 Å². The Labute approximate surface area is 221 Å². The average Bonchev–Trinajstić information content (AvgIpc) is 3.27. The van der Waals surface area contributed by atoms with Crippen molar-refractivity contribution in [3.05, 3.63) is 119 Å². The van der Waals surface area contributed by atoms with E-state index in [2.05, 4.69) is 5.32 Å². The summed E-state index contributed by atoms with van der Waals surface area (Å²) in [4.78, 5) is 27.6. The molecule has 1 amide bonds. The second-order valence-electron chi connectivity index (χ2n) is 10.3. The molecular formula is C32H28N2O4. The van der Waals surface area contributed by atoms with E-state index < -0.39 is 23.0 Å². The summed E-state index contributed by atoms with van der Waals surface area (Å²) in [6, 6.07) is 28.1. The van der Waals surface area contributed by atoms with Gasteiger partial charge in [-0.2, -0.15) is 0 Å². The van der Waals surface area contributed by atoms with Crippen LogP contribution in [0, 0.1) is 0 Å². The van der Waals surface area contributed by atoms with Gasteiger partial charge >= 0.3 is 0 Å². The molecule has 6 rings (SSSR count). The maximum atomic E-state index is 14.1. The quantitative estimate of drug-likeness (QED) is 0.330. The number of nitrogens with two attached hydrogens (primary N) is 1. The number of ether oxygens (including phenoxy) is 1. The van der Waals surface area contributed by atoms with Crippen LogP contribution in [0.5, 0.6) is 5.75 Å². The molecule has 0 radical (unpaired) electrons. The Bertz CT molecular complexity index is 1580. The van der Waals surface area contributed by atoms with Crippen molar-refractivity contribution >= 4 is 17.4 Å². The third kappa shape index (κ3) is 3.37. The zero-order chi connectivity index (χ0) is 26.7. The topological polar surface area (TPSA) is 102 Å². The van der Waals surface area contributed by atoms with Crippen LogP contribution in [-0.2, 0) is 22.5 Å². The first-order valence-electron chi connectivity index (χ1n) is 12.7. The molecule has 2 atom stereocenters. The number of amides is 1. The first-order valence-corrected chi connectivity index (χ1v) is 12.7. The molecule has 38 heavy (non-hydrogen) atoms. The molecule has 4 aromatic rings. The van der Waals surface area contributed by atoms with Gasteiger partial charge in [-0.3, -0.25) is 9.59 Å². The Hall–Kier alpha value is -4.42. The lowest BCUT2D eigenvalue weighted by atomic mass is 9.82. The zero-order valence-corrected chi connectivity index (χ0v) is 21.2. The number of carbonyl (C=O) groups excluding carboxylic acids is 2.